The van der Waals surface area contributed by atoms with Crippen LogP contribution in [0.2, 0.25) is 0 Å². The summed E-state index contributed by atoms with van der Waals surface area (Å²) in [7, 11) is 0. The third-order valence-corrected chi connectivity index (χ3v) is 4.64. The van der Waals surface area contributed by atoms with Gasteiger partial charge in [-0.05, 0) is 42.0 Å². The molecule has 130 valence electrons. The highest BCUT2D eigenvalue weighted by Gasteiger charge is 2.06. The van der Waals surface area contributed by atoms with Crippen molar-refractivity contribution in [2.24, 2.45) is 0 Å². The number of non-ortho nitro benzene ring substituents is 1. The molecule has 0 fully saturated rings. The first-order chi connectivity index (χ1) is 12.6. The van der Waals surface area contributed by atoms with Crippen LogP contribution < -0.4 is 5.32 Å². The lowest BCUT2D eigenvalue weighted by Gasteiger charge is -2.07. The number of nitro benzene ring substituents is 1. The van der Waals surface area contributed by atoms with Gasteiger partial charge < -0.3 is 5.32 Å². The Balaban J connectivity index is 1.57. The lowest BCUT2D eigenvalue weighted by atomic mass is 10.1. The molecule has 3 aromatic rings. The SMILES string of the molecule is O=C(Cc1ccccc1)Nc1ccc(Sc2ccc([N+](=O)[O-])cc2)cc1. The number of nitro groups is 1. The van der Waals surface area contributed by atoms with E-state index in [2.05, 4.69) is 5.32 Å². The number of carbonyl (C=O) groups is 1. The van der Waals surface area contributed by atoms with E-state index in [-0.39, 0.29) is 11.6 Å². The van der Waals surface area contributed by atoms with E-state index >= 15 is 0 Å². The molecular formula is C20H16N2O3S. The number of rotatable bonds is 6. The van der Waals surface area contributed by atoms with Gasteiger partial charge in [0, 0.05) is 27.6 Å². The summed E-state index contributed by atoms with van der Waals surface area (Å²) in [6, 6.07) is 23.5. The molecule has 0 aliphatic heterocycles. The van der Waals surface area contributed by atoms with Crippen molar-refractivity contribution in [2.75, 3.05) is 5.32 Å². The first-order valence-corrected chi connectivity index (χ1v) is 8.78. The van der Waals surface area contributed by atoms with Crippen molar-refractivity contribution in [3.05, 3.63) is 94.5 Å². The standard InChI is InChI=1S/C20H16N2O3S/c23-20(14-15-4-2-1-3-5-15)21-16-6-10-18(11-7-16)26-19-12-8-17(9-13-19)22(24)25/h1-13H,14H2,(H,21,23). The summed E-state index contributed by atoms with van der Waals surface area (Å²) >= 11 is 1.50. The molecule has 0 aliphatic rings. The van der Waals surface area contributed by atoms with Gasteiger partial charge in [-0.2, -0.15) is 0 Å². The Labute approximate surface area is 155 Å². The quantitative estimate of drug-likeness (QED) is 0.497. The molecule has 0 radical (unpaired) electrons. The number of amides is 1. The van der Waals surface area contributed by atoms with Gasteiger partial charge >= 0.3 is 0 Å². The highest BCUT2D eigenvalue weighted by Crippen LogP contribution is 2.29. The molecule has 3 aromatic carbocycles. The van der Waals surface area contributed by atoms with Crippen LogP contribution in [0.3, 0.4) is 0 Å². The zero-order valence-corrected chi connectivity index (χ0v) is 14.6. The molecule has 1 N–H and O–H groups in total. The molecule has 0 heterocycles. The zero-order valence-electron chi connectivity index (χ0n) is 13.8. The number of hydrogen-bond donors (Lipinski definition) is 1. The van der Waals surface area contributed by atoms with Gasteiger partial charge in [0.2, 0.25) is 5.91 Å². The maximum absolute atomic E-state index is 12.1. The predicted octanol–water partition coefficient (Wildman–Crippen LogP) is 4.93. The lowest BCUT2D eigenvalue weighted by Crippen LogP contribution is -2.14. The summed E-state index contributed by atoms with van der Waals surface area (Å²) < 4.78 is 0. The van der Waals surface area contributed by atoms with Gasteiger partial charge in [-0.3, -0.25) is 14.9 Å². The van der Waals surface area contributed by atoms with Gasteiger partial charge in [0.05, 0.1) is 11.3 Å². The molecule has 0 unspecified atom stereocenters. The van der Waals surface area contributed by atoms with E-state index in [0.717, 1.165) is 21.0 Å². The van der Waals surface area contributed by atoms with Crippen LogP contribution in [0.25, 0.3) is 0 Å². The van der Waals surface area contributed by atoms with Gasteiger partial charge in [0.25, 0.3) is 5.69 Å². The first kappa shape index (κ1) is 17.7. The fourth-order valence-corrected chi connectivity index (χ4v) is 3.18. The second-order valence-electron chi connectivity index (χ2n) is 5.59. The smallest absolute Gasteiger partial charge is 0.269 e. The average molecular weight is 364 g/mol. The summed E-state index contributed by atoms with van der Waals surface area (Å²) in [6.45, 7) is 0. The largest absolute Gasteiger partial charge is 0.326 e. The molecular weight excluding hydrogens is 348 g/mol. The van der Waals surface area contributed by atoms with Crippen LogP contribution in [-0.2, 0) is 11.2 Å². The van der Waals surface area contributed by atoms with E-state index in [1.54, 1.807) is 12.1 Å². The molecule has 0 aliphatic carbocycles. The van der Waals surface area contributed by atoms with E-state index in [9.17, 15) is 14.9 Å². The van der Waals surface area contributed by atoms with Crippen LogP contribution in [0.5, 0.6) is 0 Å². The van der Waals surface area contributed by atoms with Gasteiger partial charge in [-0.15, -0.1) is 0 Å². The number of benzene rings is 3. The fraction of sp³-hybridized carbons (Fsp3) is 0.0500. The summed E-state index contributed by atoms with van der Waals surface area (Å²) in [4.78, 5) is 24.2. The minimum atomic E-state index is -0.415. The van der Waals surface area contributed by atoms with E-state index in [1.165, 1.54) is 23.9 Å². The Bertz CT molecular complexity index is 895. The molecule has 0 aromatic heterocycles. The Hall–Kier alpha value is -3.12. The third kappa shape index (κ3) is 4.94. The third-order valence-electron chi connectivity index (χ3n) is 3.63. The molecule has 0 saturated heterocycles. The second-order valence-corrected chi connectivity index (χ2v) is 6.73. The van der Waals surface area contributed by atoms with Crippen LogP contribution in [0.15, 0.2) is 88.7 Å². The van der Waals surface area contributed by atoms with Gasteiger partial charge in [0.1, 0.15) is 0 Å². The molecule has 0 atom stereocenters. The van der Waals surface area contributed by atoms with Crippen molar-refractivity contribution < 1.29 is 9.72 Å². The average Bonchev–Trinajstić information content (AvgIpc) is 2.64. The minimum Gasteiger partial charge on any atom is -0.326 e. The number of anilines is 1. The molecule has 6 heteroatoms. The van der Waals surface area contributed by atoms with E-state index < -0.39 is 4.92 Å². The molecule has 0 bridgehead atoms. The van der Waals surface area contributed by atoms with Crippen LogP contribution in [0.1, 0.15) is 5.56 Å². The van der Waals surface area contributed by atoms with Gasteiger partial charge in [0.15, 0.2) is 0 Å². The Kier molecular flexibility index (Phi) is 5.66. The Morgan fingerprint density at radius 1 is 0.885 bits per heavy atom. The number of carbonyl (C=O) groups excluding carboxylic acids is 1. The summed E-state index contributed by atoms with van der Waals surface area (Å²) in [5, 5.41) is 13.6. The predicted molar refractivity (Wildman–Crippen MR) is 102 cm³/mol. The van der Waals surface area contributed by atoms with Gasteiger partial charge in [-0.1, -0.05) is 42.1 Å². The highest BCUT2D eigenvalue weighted by molar-refractivity contribution is 7.99. The molecule has 0 spiro atoms. The summed E-state index contributed by atoms with van der Waals surface area (Å²) in [5.41, 5.74) is 1.78. The van der Waals surface area contributed by atoms with Crippen molar-refractivity contribution in [3.8, 4) is 0 Å². The van der Waals surface area contributed by atoms with Crippen molar-refractivity contribution in [3.63, 3.8) is 0 Å². The van der Waals surface area contributed by atoms with E-state index in [0.29, 0.717) is 6.42 Å². The monoisotopic (exact) mass is 364 g/mol. The highest BCUT2D eigenvalue weighted by atomic mass is 32.2. The van der Waals surface area contributed by atoms with Crippen molar-refractivity contribution >= 4 is 29.0 Å². The first-order valence-electron chi connectivity index (χ1n) is 7.96. The maximum atomic E-state index is 12.1. The van der Waals surface area contributed by atoms with E-state index in [1.807, 2.05) is 54.6 Å². The molecule has 5 nitrogen and oxygen atoms in total. The van der Waals surface area contributed by atoms with Crippen molar-refractivity contribution in [2.45, 2.75) is 16.2 Å². The van der Waals surface area contributed by atoms with Crippen molar-refractivity contribution in [1.29, 1.82) is 0 Å². The maximum Gasteiger partial charge on any atom is 0.269 e. The number of nitrogens with one attached hydrogen (secondary N) is 1. The Morgan fingerprint density at radius 2 is 1.46 bits per heavy atom. The lowest BCUT2D eigenvalue weighted by molar-refractivity contribution is -0.384. The Morgan fingerprint density at radius 3 is 2.04 bits per heavy atom. The minimum absolute atomic E-state index is 0.0630. The number of nitrogens with zero attached hydrogens (tertiary/aromatic N) is 1. The van der Waals surface area contributed by atoms with Crippen LogP contribution in [0.4, 0.5) is 11.4 Å². The van der Waals surface area contributed by atoms with Crippen LogP contribution >= 0.6 is 11.8 Å². The molecule has 0 saturated carbocycles. The fourth-order valence-electron chi connectivity index (χ4n) is 2.36. The topological polar surface area (TPSA) is 72.2 Å². The van der Waals surface area contributed by atoms with Crippen LogP contribution in [-0.4, -0.2) is 10.8 Å². The normalized spacial score (nSPS) is 10.3. The number of hydrogen-bond acceptors (Lipinski definition) is 4. The van der Waals surface area contributed by atoms with Crippen molar-refractivity contribution in [1.82, 2.24) is 0 Å². The van der Waals surface area contributed by atoms with Crippen LogP contribution in [0, 0.1) is 10.1 Å². The summed E-state index contributed by atoms with van der Waals surface area (Å²) in [5.74, 6) is -0.0630. The summed E-state index contributed by atoms with van der Waals surface area (Å²) in [6.07, 6.45) is 0.333. The molecule has 3 rings (SSSR count). The van der Waals surface area contributed by atoms with E-state index in [4.69, 9.17) is 0 Å². The zero-order chi connectivity index (χ0) is 18.4. The molecule has 1 amide bonds. The second kappa shape index (κ2) is 8.31. The molecule has 26 heavy (non-hydrogen) atoms. The van der Waals surface area contributed by atoms with Gasteiger partial charge in [-0.25, -0.2) is 0 Å².